The predicted octanol–water partition coefficient (Wildman–Crippen LogP) is 0.581. The Morgan fingerprint density at radius 3 is 1.73 bits per heavy atom. The Bertz CT molecular complexity index is 141. The minimum Gasteiger partial charge on any atom is -0.375 e. The summed E-state index contributed by atoms with van der Waals surface area (Å²) in [6.07, 6.45) is 0. The van der Waals surface area contributed by atoms with Crippen molar-refractivity contribution in [2.24, 2.45) is 0 Å². The second kappa shape index (κ2) is 2.19. The molecule has 0 aliphatic carbocycles. The van der Waals surface area contributed by atoms with Crippen LogP contribution in [0.25, 0.3) is 0 Å². The van der Waals surface area contributed by atoms with Crippen LogP contribution in [-0.4, -0.2) is 37.6 Å². The van der Waals surface area contributed by atoms with Crippen LogP contribution in [0.15, 0.2) is 0 Å². The molecule has 2 rings (SSSR count). The molecule has 3 heteroatoms. The Morgan fingerprint density at radius 1 is 1.09 bits per heavy atom. The number of hydrogen-bond donors (Lipinski definition) is 0. The van der Waals surface area contributed by atoms with Crippen molar-refractivity contribution in [1.29, 1.82) is 0 Å². The summed E-state index contributed by atoms with van der Waals surface area (Å²) < 4.78 is 15.8. The lowest BCUT2D eigenvalue weighted by atomic mass is 10.2. The Balaban J connectivity index is 1.60. The molecular formula is C8H14O3. The van der Waals surface area contributed by atoms with Gasteiger partial charge in [-0.1, -0.05) is 0 Å². The molecule has 0 N–H and O–H groups in total. The Morgan fingerprint density at radius 2 is 1.45 bits per heavy atom. The minimum atomic E-state index is 0.0191. The molecule has 2 fully saturated rings. The van der Waals surface area contributed by atoms with E-state index in [1.165, 1.54) is 0 Å². The first-order valence-corrected chi connectivity index (χ1v) is 3.98. The molecule has 2 aliphatic rings. The van der Waals surface area contributed by atoms with Crippen molar-refractivity contribution in [3.63, 3.8) is 0 Å². The van der Waals surface area contributed by atoms with E-state index in [9.17, 15) is 0 Å². The molecule has 0 amide bonds. The number of hydrogen-bond acceptors (Lipinski definition) is 3. The highest BCUT2D eigenvalue weighted by Gasteiger charge is 2.43. The largest absolute Gasteiger partial charge is 0.375 e. The van der Waals surface area contributed by atoms with Gasteiger partial charge in [0.25, 0.3) is 0 Å². The van der Waals surface area contributed by atoms with E-state index in [-0.39, 0.29) is 11.2 Å². The first-order chi connectivity index (χ1) is 5.12. The fourth-order valence-electron chi connectivity index (χ4n) is 0.896. The lowest BCUT2D eigenvalue weighted by Gasteiger charge is -2.08. The lowest BCUT2D eigenvalue weighted by molar-refractivity contribution is 0.0520. The summed E-state index contributed by atoms with van der Waals surface area (Å²) in [7, 11) is 0. The van der Waals surface area contributed by atoms with E-state index < -0.39 is 0 Å². The summed E-state index contributed by atoms with van der Waals surface area (Å²) in [6.45, 7) is 7.19. The highest BCUT2D eigenvalue weighted by molar-refractivity contribution is 4.89. The third kappa shape index (κ3) is 1.92. The zero-order valence-corrected chi connectivity index (χ0v) is 7.05. The third-order valence-corrected chi connectivity index (χ3v) is 2.09. The van der Waals surface area contributed by atoms with Gasteiger partial charge in [-0.15, -0.1) is 0 Å². The second-order valence-electron chi connectivity index (χ2n) is 3.97. The summed E-state index contributed by atoms with van der Waals surface area (Å²) in [6, 6.07) is 0. The van der Waals surface area contributed by atoms with E-state index in [1.54, 1.807) is 0 Å². The molecule has 0 aromatic rings. The van der Waals surface area contributed by atoms with Crippen LogP contribution >= 0.6 is 0 Å². The highest BCUT2D eigenvalue weighted by Crippen LogP contribution is 2.29. The van der Waals surface area contributed by atoms with Crippen molar-refractivity contribution in [3.8, 4) is 0 Å². The van der Waals surface area contributed by atoms with E-state index >= 15 is 0 Å². The molecular weight excluding hydrogens is 144 g/mol. The normalized spacial score (nSPS) is 47.5. The summed E-state index contributed by atoms with van der Waals surface area (Å²) in [5, 5.41) is 0. The molecule has 0 bridgehead atoms. The summed E-state index contributed by atoms with van der Waals surface area (Å²) in [5.74, 6) is 0. The van der Waals surface area contributed by atoms with Crippen molar-refractivity contribution < 1.29 is 14.2 Å². The fourth-order valence-corrected chi connectivity index (χ4v) is 0.896. The quantitative estimate of drug-likeness (QED) is 0.561. The molecule has 0 aromatic carbocycles. The maximum absolute atomic E-state index is 5.44. The Hall–Kier alpha value is -0.120. The molecule has 64 valence electrons. The minimum absolute atomic E-state index is 0.0191. The van der Waals surface area contributed by atoms with Crippen molar-refractivity contribution in [3.05, 3.63) is 0 Å². The van der Waals surface area contributed by atoms with Gasteiger partial charge in [-0.25, -0.2) is 0 Å². The van der Waals surface area contributed by atoms with Gasteiger partial charge in [0, 0.05) is 0 Å². The van der Waals surface area contributed by atoms with Crippen LogP contribution in [0.5, 0.6) is 0 Å². The standard InChI is InChI=1S/C8H14O3/c1-7(5-10-7)3-9-4-8(2)6-11-8/h3-6H2,1-2H3/t7-,8-/m1/s1. The number of rotatable bonds is 4. The van der Waals surface area contributed by atoms with Crippen molar-refractivity contribution in [2.45, 2.75) is 25.0 Å². The number of epoxide rings is 2. The zero-order valence-electron chi connectivity index (χ0n) is 7.05. The van der Waals surface area contributed by atoms with E-state index in [4.69, 9.17) is 14.2 Å². The average molecular weight is 158 g/mol. The van der Waals surface area contributed by atoms with Crippen molar-refractivity contribution >= 4 is 0 Å². The topological polar surface area (TPSA) is 34.3 Å². The molecule has 0 radical (unpaired) electrons. The fraction of sp³-hybridized carbons (Fsp3) is 1.00. The summed E-state index contributed by atoms with van der Waals surface area (Å²) in [4.78, 5) is 0. The zero-order chi connectivity index (χ0) is 7.95. The van der Waals surface area contributed by atoms with Gasteiger partial charge < -0.3 is 14.2 Å². The first kappa shape index (κ1) is 7.53. The molecule has 3 nitrogen and oxygen atoms in total. The van der Waals surface area contributed by atoms with Gasteiger partial charge in [0.1, 0.15) is 11.2 Å². The predicted molar refractivity (Wildman–Crippen MR) is 39.5 cm³/mol. The molecule has 2 saturated heterocycles. The van der Waals surface area contributed by atoms with Gasteiger partial charge in [0.2, 0.25) is 0 Å². The van der Waals surface area contributed by atoms with Crippen LogP contribution in [0.2, 0.25) is 0 Å². The van der Waals surface area contributed by atoms with Crippen LogP contribution in [0.1, 0.15) is 13.8 Å². The molecule has 2 heterocycles. The average Bonchev–Trinajstić information content (AvgIpc) is 2.78. The van der Waals surface area contributed by atoms with Crippen LogP contribution in [0.3, 0.4) is 0 Å². The van der Waals surface area contributed by atoms with Gasteiger partial charge in [-0.3, -0.25) is 0 Å². The van der Waals surface area contributed by atoms with E-state index in [0.717, 1.165) is 13.2 Å². The molecule has 11 heavy (non-hydrogen) atoms. The molecule has 0 aromatic heterocycles. The maximum Gasteiger partial charge on any atom is 0.112 e. The van der Waals surface area contributed by atoms with Gasteiger partial charge in [0.15, 0.2) is 0 Å². The van der Waals surface area contributed by atoms with Gasteiger partial charge >= 0.3 is 0 Å². The second-order valence-corrected chi connectivity index (χ2v) is 3.97. The van der Waals surface area contributed by atoms with Crippen LogP contribution in [0.4, 0.5) is 0 Å². The van der Waals surface area contributed by atoms with E-state index in [2.05, 4.69) is 13.8 Å². The van der Waals surface area contributed by atoms with Gasteiger partial charge in [-0.05, 0) is 13.8 Å². The molecule has 0 spiro atoms. The van der Waals surface area contributed by atoms with Gasteiger partial charge in [0.05, 0.1) is 26.4 Å². The summed E-state index contributed by atoms with van der Waals surface area (Å²) >= 11 is 0. The smallest absolute Gasteiger partial charge is 0.112 e. The molecule has 0 saturated carbocycles. The first-order valence-electron chi connectivity index (χ1n) is 3.98. The third-order valence-electron chi connectivity index (χ3n) is 2.09. The molecule has 0 unspecified atom stereocenters. The maximum atomic E-state index is 5.44. The molecule has 2 atom stereocenters. The Kier molecular flexibility index (Phi) is 1.50. The monoisotopic (exact) mass is 158 g/mol. The highest BCUT2D eigenvalue weighted by atomic mass is 16.6. The Labute approximate surface area is 66.6 Å². The summed E-state index contributed by atoms with van der Waals surface area (Å²) in [5.41, 5.74) is 0.0382. The van der Waals surface area contributed by atoms with E-state index in [0.29, 0.717) is 13.2 Å². The SMILES string of the molecule is C[C@@]1(COC[C@]2(C)CO2)CO1. The van der Waals surface area contributed by atoms with Crippen molar-refractivity contribution in [1.82, 2.24) is 0 Å². The van der Waals surface area contributed by atoms with Crippen LogP contribution in [-0.2, 0) is 14.2 Å². The lowest BCUT2D eigenvalue weighted by Crippen LogP contribution is -2.21. The van der Waals surface area contributed by atoms with Crippen LogP contribution in [0, 0.1) is 0 Å². The van der Waals surface area contributed by atoms with Gasteiger partial charge in [-0.2, -0.15) is 0 Å². The number of ether oxygens (including phenoxy) is 3. The van der Waals surface area contributed by atoms with E-state index in [1.807, 2.05) is 0 Å². The van der Waals surface area contributed by atoms with Crippen LogP contribution < -0.4 is 0 Å². The van der Waals surface area contributed by atoms with Crippen molar-refractivity contribution in [2.75, 3.05) is 26.4 Å². The molecule has 2 aliphatic heterocycles.